The summed E-state index contributed by atoms with van der Waals surface area (Å²) in [7, 11) is 3.33. The Kier molecular flexibility index (Phi) is 7.80. The molecule has 2 aliphatic rings. The van der Waals surface area contributed by atoms with E-state index in [1.165, 1.54) is 12.0 Å². The number of nitrogens with one attached hydrogen (secondary N) is 1. The van der Waals surface area contributed by atoms with Crippen LogP contribution in [0.4, 0.5) is 0 Å². The molecule has 0 saturated carbocycles. The largest absolute Gasteiger partial charge is 0.493 e. The first-order chi connectivity index (χ1) is 13.7. The van der Waals surface area contributed by atoms with Gasteiger partial charge in [0.15, 0.2) is 17.5 Å². The SMILES string of the molecule is CCNC(=NCCc1ccc(OC)c(OC)c1)N1CCC(N2CCOCC2)C1. The highest BCUT2D eigenvalue weighted by molar-refractivity contribution is 5.80. The Balaban J connectivity index is 1.57. The molecule has 0 amide bonds. The Morgan fingerprint density at radius 1 is 1.18 bits per heavy atom. The van der Waals surface area contributed by atoms with Gasteiger partial charge in [0.05, 0.1) is 27.4 Å². The van der Waals surface area contributed by atoms with Crippen LogP contribution in [0.15, 0.2) is 23.2 Å². The lowest BCUT2D eigenvalue weighted by Crippen LogP contribution is -2.46. The maximum Gasteiger partial charge on any atom is 0.193 e. The van der Waals surface area contributed by atoms with E-state index in [-0.39, 0.29) is 0 Å². The van der Waals surface area contributed by atoms with E-state index in [1.54, 1.807) is 14.2 Å². The minimum atomic E-state index is 0.610. The van der Waals surface area contributed by atoms with Gasteiger partial charge in [-0.15, -0.1) is 0 Å². The molecule has 3 rings (SSSR count). The molecule has 156 valence electrons. The molecular formula is C21H34N4O3. The van der Waals surface area contributed by atoms with Gasteiger partial charge in [0, 0.05) is 45.3 Å². The zero-order valence-corrected chi connectivity index (χ0v) is 17.4. The predicted molar refractivity (Wildman–Crippen MR) is 112 cm³/mol. The van der Waals surface area contributed by atoms with Crippen molar-refractivity contribution in [2.75, 3.05) is 66.7 Å². The monoisotopic (exact) mass is 390 g/mol. The molecule has 2 saturated heterocycles. The first-order valence-corrected chi connectivity index (χ1v) is 10.3. The van der Waals surface area contributed by atoms with Crippen molar-refractivity contribution < 1.29 is 14.2 Å². The number of guanidine groups is 1. The molecule has 0 bridgehead atoms. The topological polar surface area (TPSA) is 58.6 Å². The van der Waals surface area contributed by atoms with Crippen LogP contribution < -0.4 is 14.8 Å². The highest BCUT2D eigenvalue weighted by Gasteiger charge is 2.30. The van der Waals surface area contributed by atoms with Crippen molar-refractivity contribution in [3.05, 3.63) is 23.8 Å². The molecule has 1 aromatic rings. The van der Waals surface area contributed by atoms with Crippen LogP contribution in [0.1, 0.15) is 18.9 Å². The number of rotatable bonds is 7. The summed E-state index contributed by atoms with van der Waals surface area (Å²) in [4.78, 5) is 9.85. The molecule has 2 fully saturated rings. The molecule has 1 atom stereocenters. The smallest absolute Gasteiger partial charge is 0.193 e. The van der Waals surface area contributed by atoms with Gasteiger partial charge in [-0.25, -0.2) is 0 Å². The number of ether oxygens (including phenoxy) is 3. The van der Waals surface area contributed by atoms with Crippen molar-refractivity contribution in [1.29, 1.82) is 0 Å². The molecule has 1 unspecified atom stereocenters. The zero-order valence-electron chi connectivity index (χ0n) is 17.4. The Morgan fingerprint density at radius 2 is 1.96 bits per heavy atom. The van der Waals surface area contributed by atoms with E-state index in [9.17, 15) is 0 Å². The lowest BCUT2D eigenvalue weighted by atomic mass is 10.1. The number of likely N-dealkylation sites (tertiary alicyclic amines) is 1. The number of hydrogen-bond donors (Lipinski definition) is 1. The number of benzene rings is 1. The third-order valence-corrected chi connectivity index (χ3v) is 5.47. The van der Waals surface area contributed by atoms with Crippen LogP contribution in [0.5, 0.6) is 11.5 Å². The molecular weight excluding hydrogens is 356 g/mol. The zero-order chi connectivity index (χ0) is 19.8. The van der Waals surface area contributed by atoms with Gasteiger partial charge in [0.25, 0.3) is 0 Å². The Bertz CT molecular complexity index is 647. The van der Waals surface area contributed by atoms with Gasteiger partial charge < -0.3 is 24.4 Å². The van der Waals surface area contributed by atoms with Gasteiger partial charge in [-0.3, -0.25) is 9.89 Å². The summed E-state index contributed by atoms with van der Waals surface area (Å²) in [6.45, 7) is 9.67. The Labute approximate surface area is 168 Å². The summed E-state index contributed by atoms with van der Waals surface area (Å²) < 4.78 is 16.2. The van der Waals surface area contributed by atoms with Crippen LogP contribution in [0, 0.1) is 0 Å². The van der Waals surface area contributed by atoms with E-state index in [0.717, 1.165) is 76.4 Å². The van der Waals surface area contributed by atoms with Gasteiger partial charge >= 0.3 is 0 Å². The highest BCUT2D eigenvalue weighted by Crippen LogP contribution is 2.27. The van der Waals surface area contributed by atoms with E-state index in [4.69, 9.17) is 19.2 Å². The van der Waals surface area contributed by atoms with E-state index in [0.29, 0.717) is 6.04 Å². The summed E-state index contributed by atoms with van der Waals surface area (Å²) in [5, 5.41) is 3.46. The number of morpholine rings is 1. The minimum Gasteiger partial charge on any atom is -0.493 e. The first-order valence-electron chi connectivity index (χ1n) is 10.3. The fourth-order valence-corrected chi connectivity index (χ4v) is 3.93. The third kappa shape index (κ3) is 5.29. The molecule has 0 spiro atoms. The second-order valence-electron chi connectivity index (χ2n) is 7.21. The molecule has 1 aromatic carbocycles. The lowest BCUT2D eigenvalue weighted by molar-refractivity contribution is 0.0195. The van der Waals surface area contributed by atoms with Crippen molar-refractivity contribution in [3.63, 3.8) is 0 Å². The number of hydrogen-bond acceptors (Lipinski definition) is 5. The van der Waals surface area contributed by atoms with Gasteiger partial charge in [-0.2, -0.15) is 0 Å². The van der Waals surface area contributed by atoms with Gasteiger partial charge in [-0.1, -0.05) is 6.07 Å². The molecule has 1 N–H and O–H groups in total. The molecule has 2 aliphatic heterocycles. The minimum absolute atomic E-state index is 0.610. The van der Waals surface area contributed by atoms with E-state index < -0.39 is 0 Å². The molecule has 0 aliphatic carbocycles. The second-order valence-corrected chi connectivity index (χ2v) is 7.21. The standard InChI is InChI=1S/C21H34N4O3/c1-4-22-21(25-10-8-18(16-25)24-11-13-28-14-12-24)23-9-7-17-5-6-19(26-2)20(15-17)27-3/h5-6,15,18H,4,7-14,16H2,1-3H3,(H,22,23). The second kappa shape index (κ2) is 10.5. The number of nitrogens with zero attached hydrogens (tertiary/aromatic N) is 3. The Morgan fingerprint density at radius 3 is 2.68 bits per heavy atom. The normalized spacial score (nSPS) is 21.0. The maximum atomic E-state index is 5.49. The molecule has 0 aromatic heterocycles. The number of aliphatic imine (C=N–C) groups is 1. The third-order valence-electron chi connectivity index (χ3n) is 5.47. The summed E-state index contributed by atoms with van der Waals surface area (Å²) >= 11 is 0. The van der Waals surface area contributed by atoms with Gasteiger partial charge in [-0.05, 0) is 37.5 Å². The van der Waals surface area contributed by atoms with Crippen molar-refractivity contribution >= 4 is 5.96 Å². The summed E-state index contributed by atoms with van der Waals surface area (Å²) in [6.07, 6.45) is 2.07. The maximum absolute atomic E-state index is 5.49. The highest BCUT2D eigenvalue weighted by atomic mass is 16.5. The van der Waals surface area contributed by atoms with Crippen LogP contribution in [0.3, 0.4) is 0 Å². The fraction of sp³-hybridized carbons (Fsp3) is 0.667. The van der Waals surface area contributed by atoms with Gasteiger partial charge in [0.2, 0.25) is 0 Å². The summed E-state index contributed by atoms with van der Waals surface area (Å²) in [5.41, 5.74) is 1.20. The lowest BCUT2D eigenvalue weighted by Gasteiger charge is -2.32. The Hall–Kier alpha value is -1.99. The van der Waals surface area contributed by atoms with Crippen molar-refractivity contribution in [1.82, 2.24) is 15.1 Å². The molecule has 7 heteroatoms. The molecule has 28 heavy (non-hydrogen) atoms. The molecule has 2 heterocycles. The van der Waals surface area contributed by atoms with Crippen LogP contribution in [0.25, 0.3) is 0 Å². The van der Waals surface area contributed by atoms with Crippen molar-refractivity contribution in [3.8, 4) is 11.5 Å². The van der Waals surface area contributed by atoms with Crippen LogP contribution >= 0.6 is 0 Å². The van der Waals surface area contributed by atoms with Gasteiger partial charge in [0.1, 0.15) is 0 Å². The number of methoxy groups -OCH3 is 2. The van der Waals surface area contributed by atoms with Crippen LogP contribution in [0.2, 0.25) is 0 Å². The summed E-state index contributed by atoms with van der Waals surface area (Å²) in [6, 6.07) is 6.68. The molecule has 7 nitrogen and oxygen atoms in total. The van der Waals surface area contributed by atoms with E-state index in [1.807, 2.05) is 12.1 Å². The average Bonchev–Trinajstić information content (AvgIpc) is 3.24. The first kappa shape index (κ1) is 20.7. The fourth-order valence-electron chi connectivity index (χ4n) is 3.93. The van der Waals surface area contributed by atoms with Crippen molar-refractivity contribution in [2.45, 2.75) is 25.8 Å². The quantitative estimate of drug-likeness (QED) is 0.564. The van der Waals surface area contributed by atoms with Crippen LogP contribution in [-0.2, 0) is 11.2 Å². The summed E-state index contributed by atoms with van der Waals surface area (Å²) in [5.74, 6) is 2.55. The van der Waals surface area contributed by atoms with Crippen LogP contribution in [-0.4, -0.2) is 88.5 Å². The average molecular weight is 391 g/mol. The predicted octanol–water partition coefficient (Wildman–Crippen LogP) is 1.62. The van der Waals surface area contributed by atoms with E-state index >= 15 is 0 Å². The van der Waals surface area contributed by atoms with Crippen molar-refractivity contribution in [2.24, 2.45) is 4.99 Å². The van der Waals surface area contributed by atoms with E-state index in [2.05, 4.69) is 28.1 Å². The molecule has 0 radical (unpaired) electrons.